The Morgan fingerprint density at radius 2 is 2.03 bits per heavy atom. The van der Waals surface area contributed by atoms with Crippen LogP contribution in [-0.4, -0.2) is 49.4 Å². The zero-order chi connectivity index (χ0) is 20.1. The molecule has 0 spiro atoms. The van der Waals surface area contributed by atoms with Crippen molar-refractivity contribution in [2.45, 2.75) is 31.5 Å². The first-order valence-corrected chi connectivity index (χ1v) is 11.0. The van der Waals surface area contributed by atoms with E-state index < -0.39 is 0 Å². The van der Waals surface area contributed by atoms with Gasteiger partial charge in [-0.2, -0.15) is 0 Å². The Kier molecular flexibility index (Phi) is 6.24. The van der Waals surface area contributed by atoms with E-state index in [9.17, 15) is 4.79 Å². The Morgan fingerprint density at radius 3 is 2.79 bits per heavy atom. The molecule has 0 radical (unpaired) electrons. The molecule has 1 aliphatic heterocycles. The number of benzene rings is 1. The molecule has 0 aliphatic carbocycles. The van der Waals surface area contributed by atoms with E-state index in [1.54, 1.807) is 12.4 Å². The van der Waals surface area contributed by atoms with Gasteiger partial charge in [-0.15, -0.1) is 10.2 Å². The summed E-state index contributed by atoms with van der Waals surface area (Å²) in [5, 5.41) is 9.57. The number of pyridine rings is 1. The van der Waals surface area contributed by atoms with Crippen LogP contribution in [0.3, 0.4) is 0 Å². The second-order valence-corrected chi connectivity index (χ2v) is 8.44. The first-order chi connectivity index (χ1) is 14.2. The maximum absolute atomic E-state index is 12.7. The summed E-state index contributed by atoms with van der Waals surface area (Å²) >= 11 is 1.46. The lowest BCUT2D eigenvalue weighted by molar-refractivity contribution is -0.130. The van der Waals surface area contributed by atoms with Gasteiger partial charge in [0.05, 0.1) is 12.3 Å². The van der Waals surface area contributed by atoms with E-state index in [2.05, 4.69) is 38.8 Å². The standard InChI is InChI=1S/C22H25N5OS/c1-17-7-6-12-26(14-17)20(28)16-29-22-25-24-21(19-10-5-11-23-13-19)27(22)15-18-8-3-2-4-9-18/h2-5,8-11,13,17H,6-7,12,14-16H2,1H3. The quantitative estimate of drug-likeness (QED) is 0.583. The molecule has 4 rings (SSSR count). The van der Waals surface area contributed by atoms with Crippen LogP contribution < -0.4 is 0 Å². The minimum atomic E-state index is 0.179. The lowest BCUT2D eigenvalue weighted by Crippen LogP contribution is -2.40. The zero-order valence-corrected chi connectivity index (χ0v) is 17.4. The molecule has 3 heterocycles. The van der Waals surface area contributed by atoms with Gasteiger partial charge in [0, 0.05) is 31.0 Å². The molecule has 0 N–H and O–H groups in total. The molecule has 1 aliphatic rings. The molecule has 1 atom stereocenters. The molecule has 1 aromatic carbocycles. The number of rotatable bonds is 6. The molecule has 1 fully saturated rings. The summed E-state index contributed by atoms with van der Waals surface area (Å²) in [4.78, 5) is 18.9. The largest absolute Gasteiger partial charge is 0.342 e. The Bertz CT molecular complexity index is 944. The third-order valence-electron chi connectivity index (χ3n) is 5.15. The fraction of sp³-hybridized carbons (Fsp3) is 0.364. The van der Waals surface area contributed by atoms with E-state index >= 15 is 0 Å². The van der Waals surface area contributed by atoms with Crippen molar-refractivity contribution in [2.75, 3.05) is 18.8 Å². The van der Waals surface area contributed by atoms with Crippen LogP contribution in [0.5, 0.6) is 0 Å². The van der Waals surface area contributed by atoms with Gasteiger partial charge < -0.3 is 4.90 Å². The van der Waals surface area contributed by atoms with Crippen molar-refractivity contribution in [1.29, 1.82) is 0 Å². The molecule has 3 aromatic rings. The molecule has 2 aromatic heterocycles. The number of piperidine rings is 1. The highest BCUT2D eigenvalue weighted by Crippen LogP contribution is 2.25. The third kappa shape index (κ3) is 4.85. The second-order valence-electron chi connectivity index (χ2n) is 7.50. The number of likely N-dealkylation sites (tertiary alicyclic amines) is 1. The molecule has 7 heteroatoms. The zero-order valence-electron chi connectivity index (χ0n) is 16.6. The van der Waals surface area contributed by atoms with Crippen LogP contribution in [0.1, 0.15) is 25.3 Å². The molecule has 1 amide bonds. The highest BCUT2D eigenvalue weighted by Gasteiger charge is 2.22. The van der Waals surface area contributed by atoms with Gasteiger partial charge in [-0.05, 0) is 36.5 Å². The number of hydrogen-bond donors (Lipinski definition) is 0. The smallest absolute Gasteiger partial charge is 0.233 e. The summed E-state index contributed by atoms with van der Waals surface area (Å²) in [7, 11) is 0. The monoisotopic (exact) mass is 407 g/mol. The Labute approximate surface area is 175 Å². The van der Waals surface area contributed by atoms with E-state index in [0.717, 1.165) is 41.6 Å². The molecule has 1 unspecified atom stereocenters. The highest BCUT2D eigenvalue weighted by atomic mass is 32.2. The number of amides is 1. The van der Waals surface area contributed by atoms with Crippen molar-refractivity contribution in [3.63, 3.8) is 0 Å². The van der Waals surface area contributed by atoms with E-state index in [1.165, 1.54) is 18.2 Å². The number of nitrogens with zero attached hydrogens (tertiary/aromatic N) is 5. The first-order valence-electron chi connectivity index (χ1n) is 9.99. The predicted molar refractivity (Wildman–Crippen MR) is 114 cm³/mol. The number of thioether (sulfide) groups is 1. The maximum Gasteiger partial charge on any atom is 0.233 e. The molecule has 29 heavy (non-hydrogen) atoms. The van der Waals surface area contributed by atoms with Gasteiger partial charge >= 0.3 is 0 Å². The highest BCUT2D eigenvalue weighted by molar-refractivity contribution is 7.99. The van der Waals surface area contributed by atoms with Gasteiger partial charge in [0.1, 0.15) is 0 Å². The fourth-order valence-corrected chi connectivity index (χ4v) is 4.49. The molecular weight excluding hydrogens is 382 g/mol. The van der Waals surface area contributed by atoms with Crippen LogP contribution >= 0.6 is 11.8 Å². The topological polar surface area (TPSA) is 63.9 Å². The van der Waals surface area contributed by atoms with Crippen LogP contribution in [0.4, 0.5) is 0 Å². The van der Waals surface area contributed by atoms with Crippen LogP contribution in [0.2, 0.25) is 0 Å². The summed E-state index contributed by atoms with van der Waals surface area (Å²) in [5.74, 6) is 1.91. The van der Waals surface area contributed by atoms with Gasteiger partial charge in [-0.3, -0.25) is 14.3 Å². The van der Waals surface area contributed by atoms with Gasteiger partial charge in [-0.1, -0.05) is 49.0 Å². The maximum atomic E-state index is 12.7. The van der Waals surface area contributed by atoms with Crippen molar-refractivity contribution >= 4 is 17.7 Å². The van der Waals surface area contributed by atoms with Gasteiger partial charge in [-0.25, -0.2) is 0 Å². The molecular formula is C22H25N5OS. The number of aromatic nitrogens is 4. The predicted octanol–water partition coefficient (Wildman–Crippen LogP) is 3.74. The second kappa shape index (κ2) is 9.22. The summed E-state index contributed by atoms with van der Waals surface area (Å²) in [6, 6.07) is 14.1. The van der Waals surface area contributed by atoms with Crippen LogP contribution in [0.15, 0.2) is 60.0 Å². The summed E-state index contributed by atoms with van der Waals surface area (Å²) in [6.07, 6.45) is 5.83. The lowest BCUT2D eigenvalue weighted by atomic mass is 10.0. The summed E-state index contributed by atoms with van der Waals surface area (Å²) in [5.41, 5.74) is 2.08. The molecule has 0 saturated carbocycles. The Balaban J connectivity index is 1.54. The Hall–Kier alpha value is -2.67. The number of hydrogen-bond acceptors (Lipinski definition) is 5. The fourth-order valence-electron chi connectivity index (χ4n) is 3.65. The minimum Gasteiger partial charge on any atom is -0.342 e. The van der Waals surface area contributed by atoms with E-state index in [-0.39, 0.29) is 5.91 Å². The van der Waals surface area contributed by atoms with Crippen molar-refractivity contribution in [2.24, 2.45) is 5.92 Å². The van der Waals surface area contributed by atoms with Gasteiger partial charge in [0.25, 0.3) is 0 Å². The SMILES string of the molecule is CC1CCCN(C(=O)CSc2nnc(-c3cccnc3)n2Cc2ccccc2)C1. The Morgan fingerprint density at radius 1 is 1.17 bits per heavy atom. The average molecular weight is 408 g/mol. The van der Waals surface area contributed by atoms with Gasteiger partial charge in [0.15, 0.2) is 11.0 Å². The van der Waals surface area contributed by atoms with Crippen molar-refractivity contribution < 1.29 is 4.79 Å². The summed E-state index contributed by atoms with van der Waals surface area (Å²) < 4.78 is 2.07. The van der Waals surface area contributed by atoms with Crippen molar-refractivity contribution in [3.8, 4) is 11.4 Å². The van der Waals surface area contributed by atoms with Gasteiger partial charge in [0.2, 0.25) is 5.91 Å². The molecule has 6 nitrogen and oxygen atoms in total. The van der Waals surface area contributed by atoms with Crippen LogP contribution in [0, 0.1) is 5.92 Å². The van der Waals surface area contributed by atoms with Crippen LogP contribution in [0.25, 0.3) is 11.4 Å². The first kappa shape index (κ1) is 19.6. The average Bonchev–Trinajstić information content (AvgIpc) is 3.15. The minimum absolute atomic E-state index is 0.179. The van der Waals surface area contributed by atoms with E-state index in [0.29, 0.717) is 18.2 Å². The third-order valence-corrected chi connectivity index (χ3v) is 6.11. The summed E-state index contributed by atoms with van der Waals surface area (Å²) in [6.45, 7) is 4.58. The van der Waals surface area contributed by atoms with E-state index in [1.807, 2.05) is 35.2 Å². The molecule has 1 saturated heterocycles. The lowest BCUT2D eigenvalue weighted by Gasteiger charge is -2.30. The van der Waals surface area contributed by atoms with Crippen LogP contribution in [-0.2, 0) is 11.3 Å². The van der Waals surface area contributed by atoms with Crippen molar-refractivity contribution in [3.05, 3.63) is 60.4 Å². The molecule has 0 bridgehead atoms. The normalized spacial score (nSPS) is 16.7. The van der Waals surface area contributed by atoms with E-state index in [4.69, 9.17) is 0 Å². The number of carbonyl (C=O) groups excluding carboxylic acids is 1. The van der Waals surface area contributed by atoms with Crippen molar-refractivity contribution in [1.82, 2.24) is 24.6 Å². The molecule has 150 valence electrons. The number of carbonyl (C=O) groups is 1.